The van der Waals surface area contributed by atoms with Crippen LogP contribution in [0.5, 0.6) is 0 Å². The first-order chi connectivity index (χ1) is 3.81. The molecule has 0 aromatic carbocycles. The minimum Gasteiger partial charge on any atom is -0.329 e. The summed E-state index contributed by atoms with van der Waals surface area (Å²) in [6.45, 7) is 0.517. The van der Waals surface area contributed by atoms with Crippen molar-refractivity contribution in [2.24, 2.45) is 5.73 Å². The third kappa shape index (κ3) is 3.98. The predicted molar refractivity (Wildman–Crippen MR) is 36.8 cm³/mol. The van der Waals surface area contributed by atoms with Crippen LogP contribution in [0, 0.1) is 12.3 Å². The lowest BCUT2D eigenvalue weighted by Gasteiger charge is -1.99. The van der Waals surface area contributed by atoms with Crippen LogP contribution in [0.3, 0.4) is 0 Å². The zero-order valence-electron chi connectivity index (χ0n) is 4.73. The second-order valence-corrected chi connectivity index (χ2v) is 2.19. The summed E-state index contributed by atoms with van der Waals surface area (Å²) in [5.74, 6) is 2.49. The third-order valence-electron chi connectivity index (χ3n) is 0.858. The van der Waals surface area contributed by atoms with Gasteiger partial charge in [0.1, 0.15) is 0 Å². The molecule has 0 aliphatic carbocycles. The zero-order chi connectivity index (χ0) is 6.41. The summed E-state index contributed by atoms with van der Waals surface area (Å²) in [4.78, 5) is 0. The van der Waals surface area contributed by atoms with Crippen LogP contribution in [0.2, 0.25) is 0 Å². The quantitative estimate of drug-likeness (QED) is 0.448. The normalized spacial score (nSPS) is 12.6. The number of hydrogen-bond acceptors (Lipinski definition) is 1. The summed E-state index contributed by atoms with van der Waals surface area (Å²) >= 11 is 5.62. The monoisotopic (exact) mass is 131 g/mol. The Labute approximate surface area is 55.2 Å². The Kier molecular flexibility index (Phi) is 4.84. The zero-order valence-corrected chi connectivity index (χ0v) is 5.49. The molecule has 0 saturated carbocycles. The van der Waals surface area contributed by atoms with E-state index in [1.54, 1.807) is 0 Å². The molecule has 0 aliphatic rings. The number of halogens is 1. The van der Waals surface area contributed by atoms with Gasteiger partial charge in [0.15, 0.2) is 0 Å². The van der Waals surface area contributed by atoms with Gasteiger partial charge in [0.2, 0.25) is 0 Å². The Balaban J connectivity index is 3.01. The maximum atomic E-state index is 5.62. The minimum atomic E-state index is 0.0612. The van der Waals surface area contributed by atoms with Gasteiger partial charge in [-0.25, -0.2) is 0 Å². The molecule has 0 aromatic heterocycles. The van der Waals surface area contributed by atoms with Crippen LogP contribution in [-0.4, -0.2) is 11.9 Å². The van der Waals surface area contributed by atoms with Gasteiger partial charge in [-0.2, -0.15) is 0 Å². The minimum absolute atomic E-state index is 0.0612. The fraction of sp³-hybridized carbons (Fsp3) is 0.667. The lowest BCUT2D eigenvalue weighted by atomic mass is 10.2. The maximum Gasteiger partial charge on any atom is 0.0467 e. The summed E-state index contributed by atoms with van der Waals surface area (Å²) in [5, 5.41) is 0.0612. The van der Waals surface area contributed by atoms with Gasteiger partial charge in [-0.15, -0.1) is 23.9 Å². The van der Waals surface area contributed by atoms with Crippen molar-refractivity contribution in [3.63, 3.8) is 0 Å². The van der Waals surface area contributed by atoms with Crippen LogP contribution in [-0.2, 0) is 0 Å². The van der Waals surface area contributed by atoms with Gasteiger partial charge < -0.3 is 5.73 Å². The van der Waals surface area contributed by atoms with Crippen molar-refractivity contribution in [3.05, 3.63) is 0 Å². The molecule has 0 spiro atoms. The summed E-state index contributed by atoms with van der Waals surface area (Å²) in [6.07, 6.45) is 6.54. The molecular weight excluding hydrogens is 122 g/mol. The Morgan fingerprint density at radius 2 is 2.38 bits per heavy atom. The summed E-state index contributed by atoms with van der Waals surface area (Å²) < 4.78 is 0. The average Bonchev–Trinajstić information content (AvgIpc) is 1.83. The van der Waals surface area contributed by atoms with Crippen LogP contribution in [0.15, 0.2) is 0 Å². The third-order valence-corrected chi connectivity index (χ3v) is 1.25. The Morgan fingerprint density at radius 3 is 2.75 bits per heavy atom. The van der Waals surface area contributed by atoms with Crippen molar-refractivity contribution >= 4 is 11.6 Å². The van der Waals surface area contributed by atoms with E-state index >= 15 is 0 Å². The van der Waals surface area contributed by atoms with E-state index < -0.39 is 0 Å². The van der Waals surface area contributed by atoms with Gasteiger partial charge in [0.05, 0.1) is 0 Å². The summed E-state index contributed by atoms with van der Waals surface area (Å²) in [6, 6.07) is 0. The fourth-order valence-electron chi connectivity index (χ4n) is 0.358. The van der Waals surface area contributed by atoms with Gasteiger partial charge in [-0.1, -0.05) is 0 Å². The molecule has 0 aliphatic heterocycles. The molecule has 2 N–H and O–H groups in total. The van der Waals surface area contributed by atoms with E-state index in [2.05, 4.69) is 5.92 Å². The van der Waals surface area contributed by atoms with E-state index in [9.17, 15) is 0 Å². The molecule has 2 heteroatoms. The van der Waals surface area contributed by atoms with Gasteiger partial charge in [0, 0.05) is 18.3 Å². The van der Waals surface area contributed by atoms with Crippen molar-refractivity contribution in [1.29, 1.82) is 0 Å². The van der Waals surface area contributed by atoms with Crippen LogP contribution in [0.1, 0.15) is 12.8 Å². The standard InChI is InChI=1S/C6H10ClN/c1-2-3-4-6(7)5-8/h1,6H,3-5,8H2. The van der Waals surface area contributed by atoms with E-state index in [1.165, 1.54) is 0 Å². The van der Waals surface area contributed by atoms with E-state index in [4.69, 9.17) is 23.8 Å². The first-order valence-electron chi connectivity index (χ1n) is 2.59. The number of nitrogens with two attached hydrogens (primary N) is 1. The molecule has 1 nitrogen and oxygen atoms in total. The molecular formula is C6H10ClN. The topological polar surface area (TPSA) is 26.0 Å². The number of hydrogen-bond donors (Lipinski definition) is 1. The molecule has 0 saturated heterocycles. The molecule has 0 rings (SSSR count). The second kappa shape index (κ2) is 4.96. The molecule has 8 heavy (non-hydrogen) atoms. The molecule has 0 bridgehead atoms. The number of rotatable bonds is 3. The highest BCUT2D eigenvalue weighted by atomic mass is 35.5. The maximum absolute atomic E-state index is 5.62. The highest BCUT2D eigenvalue weighted by molar-refractivity contribution is 6.20. The van der Waals surface area contributed by atoms with Gasteiger partial charge in [-0.05, 0) is 6.42 Å². The molecule has 0 fully saturated rings. The van der Waals surface area contributed by atoms with E-state index in [0.717, 1.165) is 12.8 Å². The van der Waals surface area contributed by atoms with Crippen LogP contribution in [0.25, 0.3) is 0 Å². The Bertz CT molecular complexity index is 85.0. The molecule has 0 amide bonds. The predicted octanol–water partition coefficient (Wildman–Crippen LogP) is 0.966. The largest absolute Gasteiger partial charge is 0.329 e. The molecule has 1 unspecified atom stereocenters. The number of terminal acetylenes is 1. The second-order valence-electron chi connectivity index (χ2n) is 1.58. The molecule has 46 valence electrons. The SMILES string of the molecule is C#CCCC(Cl)CN. The molecule has 0 aromatic rings. The highest BCUT2D eigenvalue weighted by Crippen LogP contribution is 2.01. The van der Waals surface area contributed by atoms with Gasteiger partial charge >= 0.3 is 0 Å². The lowest BCUT2D eigenvalue weighted by Crippen LogP contribution is -2.13. The smallest absolute Gasteiger partial charge is 0.0467 e. The van der Waals surface area contributed by atoms with E-state index in [1.807, 2.05) is 0 Å². The van der Waals surface area contributed by atoms with Crippen LogP contribution in [0.4, 0.5) is 0 Å². The highest BCUT2D eigenvalue weighted by Gasteiger charge is 1.97. The van der Waals surface area contributed by atoms with Crippen LogP contribution >= 0.6 is 11.6 Å². The Morgan fingerprint density at radius 1 is 1.75 bits per heavy atom. The lowest BCUT2D eigenvalue weighted by molar-refractivity contribution is 0.777. The fourth-order valence-corrected chi connectivity index (χ4v) is 0.467. The van der Waals surface area contributed by atoms with Crippen molar-refractivity contribution < 1.29 is 0 Å². The number of alkyl halides is 1. The van der Waals surface area contributed by atoms with Crippen molar-refractivity contribution in [2.75, 3.05) is 6.54 Å². The first kappa shape index (κ1) is 7.81. The van der Waals surface area contributed by atoms with E-state index in [0.29, 0.717) is 6.54 Å². The first-order valence-corrected chi connectivity index (χ1v) is 3.02. The molecule has 0 radical (unpaired) electrons. The summed E-state index contributed by atoms with van der Waals surface area (Å²) in [7, 11) is 0. The van der Waals surface area contributed by atoms with Gasteiger partial charge in [0.25, 0.3) is 0 Å². The average molecular weight is 132 g/mol. The molecule has 0 heterocycles. The van der Waals surface area contributed by atoms with E-state index in [-0.39, 0.29) is 5.38 Å². The van der Waals surface area contributed by atoms with Crippen LogP contribution < -0.4 is 5.73 Å². The van der Waals surface area contributed by atoms with Gasteiger partial charge in [-0.3, -0.25) is 0 Å². The Hall–Kier alpha value is -0.190. The van der Waals surface area contributed by atoms with Crippen molar-refractivity contribution in [3.8, 4) is 12.3 Å². The molecule has 1 atom stereocenters. The van der Waals surface area contributed by atoms with Crippen molar-refractivity contribution in [1.82, 2.24) is 0 Å². The van der Waals surface area contributed by atoms with Crippen molar-refractivity contribution in [2.45, 2.75) is 18.2 Å². The summed E-state index contributed by atoms with van der Waals surface area (Å²) in [5.41, 5.74) is 5.21.